The lowest BCUT2D eigenvalue weighted by atomic mass is 10.2. The number of amides is 1. The standard InChI is InChI=1S/C26H25FN4O2S/c1-16-9-12-20(15-22(16)27)31-25(33)21-7-5-6-8-23(21)29-26(31)34-17(2)24(32)28-18-10-13-19(14-11-18)30(3)4/h5-15,17H,1-4H3,(H,28,32). The van der Waals surface area contributed by atoms with Gasteiger partial charge in [-0.05, 0) is 67.9 Å². The lowest BCUT2D eigenvalue weighted by molar-refractivity contribution is -0.115. The Labute approximate surface area is 201 Å². The fraction of sp³-hybridized carbons (Fsp3) is 0.192. The van der Waals surface area contributed by atoms with Crippen molar-refractivity contribution in [3.05, 3.63) is 88.5 Å². The maximum absolute atomic E-state index is 14.3. The smallest absolute Gasteiger partial charge is 0.266 e. The van der Waals surface area contributed by atoms with Crippen LogP contribution in [-0.4, -0.2) is 34.8 Å². The molecule has 6 nitrogen and oxygen atoms in total. The molecule has 1 heterocycles. The van der Waals surface area contributed by atoms with Gasteiger partial charge in [-0.3, -0.25) is 14.2 Å². The fourth-order valence-electron chi connectivity index (χ4n) is 3.44. The predicted molar refractivity (Wildman–Crippen MR) is 137 cm³/mol. The topological polar surface area (TPSA) is 67.2 Å². The third kappa shape index (κ3) is 4.82. The monoisotopic (exact) mass is 476 g/mol. The highest BCUT2D eigenvalue weighted by atomic mass is 32.2. The van der Waals surface area contributed by atoms with Gasteiger partial charge in [-0.25, -0.2) is 9.37 Å². The fourth-order valence-corrected chi connectivity index (χ4v) is 4.37. The number of carbonyl (C=O) groups excluding carboxylic acids is 1. The number of fused-ring (bicyclic) bond motifs is 1. The summed E-state index contributed by atoms with van der Waals surface area (Å²) in [4.78, 5) is 32.9. The Morgan fingerprint density at radius 1 is 1.09 bits per heavy atom. The molecule has 4 rings (SSSR count). The average Bonchev–Trinajstić information content (AvgIpc) is 2.81. The maximum atomic E-state index is 14.3. The first kappa shape index (κ1) is 23.5. The molecule has 0 aliphatic rings. The van der Waals surface area contributed by atoms with Crippen LogP contribution in [0.5, 0.6) is 0 Å². The van der Waals surface area contributed by atoms with Gasteiger partial charge < -0.3 is 10.2 Å². The lowest BCUT2D eigenvalue weighted by Gasteiger charge is -2.17. The van der Waals surface area contributed by atoms with E-state index in [9.17, 15) is 14.0 Å². The molecule has 0 radical (unpaired) electrons. The quantitative estimate of drug-likeness (QED) is 0.313. The molecule has 0 aliphatic heterocycles. The van der Waals surface area contributed by atoms with E-state index in [1.54, 1.807) is 50.2 Å². The van der Waals surface area contributed by atoms with Crippen molar-refractivity contribution in [3.8, 4) is 5.69 Å². The molecule has 0 spiro atoms. The summed E-state index contributed by atoms with van der Waals surface area (Å²) in [5, 5.41) is 3.08. The van der Waals surface area contributed by atoms with Gasteiger partial charge in [0, 0.05) is 25.5 Å². The van der Waals surface area contributed by atoms with Crippen LogP contribution in [-0.2, 0) is 4.79 Å². The molecule has 0 saturated carbocycles. The number of anilines is 2. The summed E-state index contributed by atoms with van der Waals surface area (Å²) >= 11 is 1.15. The number of para-hydroxylation sites is 1. The maximum Gasteiger partial charge on any atom is 0.266 e. The number of hydrogen-bond acceptors (Lipinski definition) is 5. The van der Waals surface area contributed by atoms with Crippen LogP contribution in [0.2, 0.25) is 0 Å². The van der Waals surface area contributed by atoms with E-state index in [2.05, 4.69) is 10.3 Å². The van der Waals surface area contributed by atoms with Gasteiger partial charge in [-0.1, -0.05) is 30.0 Å². The van der Waals surface area contributed by atoms with E-state index in [0.717, 1.165) is 17.4 Å². The summed E-state index contributed by atoms with van der Waals surface area (Å²) in [5.41, 5.74) is 2.74. The van der Waals surface area contributed by atoms with Crippen LogP contribution in [0, 0.1) is 12.7 Å². The molecule has 0 aliphatic carbocycles. The van der Waals surface area contributed by atoms with Crippen LogP contribution in [0.3, 0.4) is 0 Å². The largest absolute Gasteiger partial charge is 0.378 e. The van der Waals surface area contributed by atoms with Gasteiger partial charge >= 0.3 is 0 Å². The molecule has 8 heteroatoms. The highest BCUT2D eigenvalue weighted by Gasteiger charge is 2.21. The number of aryl methyl sites for hydroxylation is 1. The number of thioether (sulfide) groups is 1. The Balaban J connectivity index is 1.68. The highest BCUT2D eigenvalue weighted by molar-refractivity contribution is 8.00. The van der Waals surface area contributed by atoms with Crippen molar-refractivity contribution in [1.82, 2.24) is 9.55 Å². The molecule has 3 aromatic carbocycles. The van der Waals surface area contributed by atoms with Gasteiger partial charge in [0.25, 0.3) is 5.56 Å². The number of aromatic nitrogens is 2. The molecule has 1 aromatic heterocycles. The number of carbonyl (C=O) groups is 1. The van der Waals surface area contributed by atoms with Crippen LogP contribution in [0.1, 0.15) is 12.5 Å². The van der Waals surface area contributed by atoms with Crippen molar-refractivity contribution in [1.29, 1.82) is 0 Å². The normalized spacial score (nSPS) is 11.9. The minimum Gasteiger partial charge on any atom is -0.378 e. The van der Waals surface area contributed by atoms with E-state index in [4.69, 9.17) is 0 Å². The second-order valence-electron chi connectivity index (χ2n) is 8.18. The Morgan fingerprint density at radius 2 is 1.79 bits per heavy atom. The minimum absolute atomic E-state index is 0.230. The highest BCUT2D eigenvalue weighted by Crippen LogP contribution is 2.27. The number of rotatable bonds is 6. The molecule has 4 aromatic rings. The van der Waals surface area contributed by atoms with Gasteiger partial charge in [0.1, 0.15) is 5.82 Å². The molecule has 0 fully saturated rings. The number of halogens is 1. The summed E-state index contributed by atoms with van der Waals surface area (Å²) in [5.74, 6) is -0.646. The Bertz CT molecular complexity index is 1420. The molecule has 34 heavy (non-hydrogen) atoms. The van der Waals surface area contributed by atoms with Crippen LogP contribution in [0.4, 0.5) is 15.8 Å². The molecular formula is C26H25FN4O2S. The number of hydrogen-bond donors (Lipinski definition) is 1. The lowest BCUT2D eigenvalue weighted by Crippen LogP contribution is -2.26. The van der Waals surface area contributed by atoms with Crippen molar-refractivity contribution < 1.29 is 9.18 Å². The van der Waals surface area contributed by atoms with Gasteiger partial charge in [0.2, 0.25) is 5.91 Å². The first-order valence-corrected chi connectivity index (χ1v) is 11.7. The van der Waals surface area contributed by atoms with E-state index in [1.165, 1.54) is 10.6 Å². The first-order valence-electron chi connectivity index (χ1n) is 10.8. The molecule has 1 N–H and O–H groups in total. The van der Waals surface area contributed by atoms with Gasteiger partial charge in [0.15, 0.2) is 5.16 Å². The summed E-state index contributed by atoms with van der Waals surface area (Å²) in [6.07, 6.45) is 0. The second kappa shape index (κ2) is 9.69. The van der Waals surface area contributed by atoms with E-state index in [1.807, 2.05) is 43.3 Å². The Kier molecular flexibility index (Phi) is 6.70. The van der Waals surface area contributed by atoms with Crippen LogP contribution in [0.15, 0.2) is 76.7 Å². The number of benzene rings is 3. The van der Waals surface area contributed by atoms with Crippen molar-refractivity contribution in [3.63, 3.8) is 0 Å². The SMILES string of the molecule is Cc1ccc(-n2c(SC(C)C(=O)Nc3ccc(N(C)C)cc3)nc3ccccc3c2=O)cc1F. The summed E-state index contributed by atoms with van der Waals surface area (Å²) < 4.78 is 15.7. The van der Waals surface area contributed by atoms with Crippen molar-refractivity contribution in [2.75, 3.05) is 24.3 Å². The molecule has 0 saturated heterocycles. The van der Waals surface area contributed by atoms with Gasteiger partial charge in [0.05, 0.1) is 21.8 Å². The van der Waals surface area contributed by atoms with Crippen molar-refractivity contribution in [2.24, 2.45) is 0 Å². The number of nitrogens with zero attached hydrogens (tertiary/aromatic N) is 3. The van der Waals surface area contributed by atoms with Gasteiger partial charge in [-0.15, -0.1) is 0 Å². The van der Waals surface area contributed by atoms with Crippen LogP contribution >= 0.6 is 11.8 Å². The number of nitrogens with one attached hydrogen (secondary N) is 1. The molecule has 1 atom stereocenters. The molecule has 0 bridgehead atoms. The molecular weight excluding hydrogens is 451 g/mol. The third-order valence-electron chi connectivity index (χ3n) is 5.46. The van der Waals surface area contributed by atoms with E-state index in [0.29, 0.717) is 33.0 Å². The van der Waals surface area contributed by atoms with Crippen molar-refractivity contribution in [2.45, 2.75) is 24.3 Å². The zero-order valence-electron chi connectivity index (χ0n) is 19.4. The Hall–Kier alpha value is -3.65. The predicted octanol–water partition coefficient (Wildman–Crippen LogP) is 5.02. The summed E-state index contributed by atoms with van der Waals surface area (Å²) in [7, 11) is 3.89. The first-order chi connectivity index (χ1) is 16.2. The van der Waals surface area contributed by atoms with Crippen LogP contribution < -0.4 is 15.8 Å². The van der Waals surface area contributed by atoms with Gasteiger partial charge in [-0.2, -0.15) is 0 Å². The molecule has 1 amide bonds. The Morgan fingerprint density at radius 3 is 2.47 bits per heavy atom. The second-order valence-corrected chi connectivity index (χ2v) is 9.48. The average molecular weight is 477 g/mol. The summed E-state index contributed by atoms with van der Waals surface area (Å²) in [6.45, 7) is 3.41. The van der Waals surface area contributed by atoms with E-state index >= 15 is 0 Å². The van der Waals surface area contributed by atoms with Crippen LogP contribution in [0.25, 0.3) is 16.6 Å². The molecule has 1 unspecified atom stereocenters. The minimum atomic E-state index is -0.567. The third-order valence-corrected chi connectivity index (χ3v) is 6.51. The molecule has 174 valence electrons. The zero-order valence-corrected chi connectivity index (χ0v) is 20.2. The van der Waals surface area contributed by atoms with Crippen molar-refractivity contribution >= 4 is 39.9 Å². The zero-order chi connectivity index (χ0) is 24.4. The van der Waals surface area contributed by atoms with E-state index in [-0.39, 0.29) is 11.5 Å². The van der Waals surface area contributed by atoms with E-state index < -0.39 is 11.1 Å². The summed E-state index contributed by atoms with van der Waals surface area (Å²) in [6, 6.07) is 19.1.